The van der Waals surface area contributed by atoms with E-state index in [0.717, 1.165) is 24.1 Å². The van der Waals surface area contributed by atoms with E-state index in [1.807, 2.05) is 0 Å². The Balaban J connectivity index is 2.54. The zero-order chi connectivity index (χ0) is 10.3. The Morgan fingerprint density at radius 3 is 2.50 bits per heavy atom. The van der Waals surface area contributed by atoms with Crippen molar-refractivity contribution in [2.45, 2.75) is 38.5 Å². The van der Waals surface area contributed by atoms with Crippen LogP contribution in [0.1, 0.15) is 49.8 Å². The zero-order valence-electron chi connectivity index (χ0n) is 8.22. The molecule has 0 bridgehead atoms. The van der Waals surface area contributed by atoms with Crippen molar-refractivity contribution in [1.29, 1.82) is 0 Å². The molecule has 0 aliphatic heterocycles. The third-order valence-corrected chi connectivity index (χ3v) is 3.23. The molecular formula is C10H12BrFN2. The van der Waals surface area contributed by atoms with E-state index in [0.29, 0.717) is 16.3 Å². The third-order valence-electron chi connectivity index (χ3n) is 2.47. The Bertz CT molecular complexity index is 361. The molecule has 0 radical (unpaired) electrons. The van der Waals surface area contributed by atoms with Gasteiger partial charge in [-0.25, -0.2) is 0 Å². The van der Waals surface area contributed by atoms with Crippen molar-refractivity contribution in [3.63, 3.8) is 0 Å². The fraction of sp³-hybridized carbons (Fsp3) is 0.600. The molecule has 14 heavy (non-hydrogen) atoms. The minimum absolute atomic E-state index is 0.301. The molecule has 0 unspecified atom stereocenters. The Morgan fingerprint density at radius 2 is 2.00 bits per heavy atom. The minimum atomic E-state index is -0.490. The lowest BCUT2D eigenvalue weighted by molar-refractivity contribution is 0.542. The smallest absolute Gasteiger partial charge is 0.182 e. The number of aromatic nitrogens is 2. The zero-order valence-corrected chi connectivity index (χ0v) is 9.81. The van der Waals surface area contributed by atoms with Gasteiger partial charge in [0.2, 0.25) is 5.95 Å². The summed E-state index contributed by atoms with van der Waals surface area (Å²) in [6.45, 7) is 4.11. The molecule has 0 spiro atoms. The average Bonchev–Trinajstić information content (AvgIpc) is 2.92. The van der Waals surface area contributed by atoms with Crippen LogP contribution < -0.4 is 0 Å². The monoisotopic (exact) mass is 258 g/mol. The van der Waals surface area contributed by atoms with Crippen LogP contribution in [-0.2, 0) is 0 Å². The van der Waals surface area contributed by atoms with Gasteiger partial charge < -0.3 is 0 Å². The molecule has 1 aromatic heterocycles. The van der Waals surface area contributed by atoms with Crippen LogP contribution in [-0.4, -0.2) is 10.2 Å². The van der Waals surface area contributed by atoms with E-state index in [1.165, 1.54) is 0 Å². The van der Waals surface area contributed by atoms with Gasteiger partial charge in [-0.05, 0) is 46.2 Å². The predicted octanol–water partition coefficient (Wildman–Crippen LogP) is 3.38. The first-order valence-electron chi connectivity index (χ1n) is 4.82. The normalized spacial score (nSPS) is 16.4. The van der Waals surface area contributed by atoms with Crippen LogP contribution in [0.4, 0.5) is 4.39 Å². The molecule has 1 aliphatic carbocycles. The summed E-state index contributed by atoms with van der Waals surface area (Å²) >= 11 is 3.26. The molecule has 0 aromatic carbocycles. The molecule has 1 aromatic rings. The Morgan fingerprint density at radius 1 is 1.36 bits per heavy atom. The largest absolute Gasteiger partial charge is 0.247 e. The van der Waals surface area contributed by atoms with Gasteiger partial charge >= 0.3 is 0 Å². The molecule has 1 saturated carbocycles. The number of nitrogens with zero attached hydrogens (tertiary/aromatic N) is 2. The van der Waals surface area contributed by atoms with E-state index in [2.05, 4.69) is 40.0 Å². The second-order valence-electron chi connectivity index (χ2n) is 4.03. The highest BCUT2D eigenvalue weighted by Gasteiger charge is 2.31. The van der Waals surface area contributed by atoms with E-state index < -0.39 is 5.95 Å². The first kappa shape index (κ1) is 10.0. The maximum absolute atomic E-state index is 13.2. The van der Waals surface area contributed by atoms with E-state index in [1.54, 1.807) is 0 Å². The SMILES string of the molecule is CC(C)c1nnc(F)c(Br)c1C1CC1. The molecule has 0 atom stereocenters. The van der Waals surface area contributed by atoms with Gasteiger partial charge in [-0.1, -0.05) is 13.8 Å². The van der Waals surface area contributed by atoms with Crippen molar-refractivity contribution in [3.05, 3.63) is 21.7 Å². The van der Waals surface area contributed by atoms with Crippen molar-refractivity contribution in [2.24, 2.45) is 0 Å². The summed E-state index contributed by atoms with van der Waals surface area (Å²) in [5.74, 6) is 0.304. The molecule has 0 amide bonds. The van der Waals surface area contributed by atoms with Gasteiger partial charge in [-0.3, -0.25) is 0 Å². The first-order chi connectivity index (χ1) is 6.61. The summed E-state index contributed by atoms with van der Waals surface area (Å²) in [4.78, 5) is 0. The standard InChI is InChI=1S/C10H12BrFN2/c1-5(2)9-7(6-3-4-6)8(11)10(12)14-13-9/h5-6H,3-4H2,1-2H3. The summed E-state index contributed by atoms with van der Waals surface area (Å²) in [7, 11) is 0. The van der Waals surface area contributed by atoms with Crippen LogP contribution in [0.5, 0.6) is 0 Å². The molecule has 76 valence electrons. The van der Waals surface area contributed by atoms with Crippen LogP contribution >= 0.6 is 15.9 Å². The summed E-state index contributed by atoms with van der Waals surface area (Å²) in [6.07, 6.45) is 2.28. The lowest BCUT2D eigenvalue weighted by atomic mass is 10.0. The lowest BCUT2D eigenvalue weighted by Crippen LogP contribution is -2.05. The molecule has 4 heteroatoms. The predicted molar refractivity (Wildman–Crippen MR) is 55.8 cm³/mol. The van der Waals surface area contributed by atoms with Crippen molar-refractivity contribution >= 4 is 15.9 Å². The number of rotatable bonds is 2. The lowest BCUT2D eigenvalue weighted by Gasteiger charge is -2.11. The first-order valence-corrected chi connectivity index (χ1v) is 5.62. The van der Waals surface area contributed by atoms with Gasteiger partial charge in [-0.2, -0.15) is 9.49 Å². The van der Waals surface area contributed by atoms with Crippen LogP contribution in [0.25, 0.3) is 0 Å². The molecule has 1 heterocycles. The van der Waals surface area contributed by atoms with E-state index in [4.69, 9.17) is 0 Å². The maximum atomic E-state index is 13.2. The highest BCUT2D eigenvalue weighted by molar-refractivity contribution is 9.10. The minimum Gasteiger partial charge on any atom is -0.182 e. The molecule has 0 saturated heterocycles. The Kier molecular flexibility index (Phi) is 2.56. The summed E-state index contributed by atoms with van der Waals surface area (Å²) < 4.78 is 13.7. The fourth-order valence-electron chi connectivity index (χ4n) is 1.61. The quantitative estimate of drug-likeness (QED) is 0.813. The van der Waals surface area contributed by atoms with Gasteiger partial charge in [0, 0.05) is 0 Å². The number of hydrogen-bond acceptors (Lipinski definition) is 2. The number of halogens is 2. The molecule has 0 N–H and O–H groups in total. The van der Waals surface area contributed by atoms with Crippen molar-refractivity contribution in [1.82, 2.24) is 10.2 Å². The van der Waals surface area contributed by atoms with Crippen LogP contribution in [0, 0.1) is 5.95 Å². The Labute approximate surface area is 91.1 Å². The maximum Gasteiger partial charge on any atom is 0.247 e. The summed E-state index contributed by atoms with van der Waals surface area (Å²) in [5, 5.41) is 7.45. The molecular weight excluding hydrogens is 247 g/mol. The van der Waals surface area contributed by atoms with Crippen LogP contribution in [0.3, 0.4) is 0 Å². The van der Waals surface area contributed by atoms with Crippen molar-refractivity contribution in [3.8, 4) is 0 Å². The van der Waals surface area contributed by atoms with E-state index in [-0.39, 0.29) is 0 Å². The molecule has 2 rings (SSSR count). The van der Waals surface area contributed by atoms with E-state index in [9.17, 15) is 4.39 Å². The molecule has 1 aliphatic rings. The molecule has 2 nitrogen and oxygen atoms in total. The fourth-order valence-corrected chi connectivity index (χ4v) is 2.21. The van der Waals surface area contributed by atoms with Crippen LogP contribution in [0.15, 0.2) is 4.47 Å². The second kappa shape index (κ2) is 3.57. The van der Waals surface area contributed by atoms with Gasteiger partial charge in [0.05, 0.1) is 10.2 Å². The Hall–Kier alpha value is -0.510. The van der Waals surface area contributed by atoms with E-state index >= 15 is 0 Å². The van der Waals surface area contributed by atoms with Crippen molar-refractivity contribution < 1.29 is 4.39 Å². The average molecular weight is 259 g/mol. The summed E-state index contributed by atoms with van der Waals surface area (Å²) in [6, 6.07) is 0. The third kappa shape index (κ3) is 1.67. The van der Waals surface area contributed by atoms with Gasteiger partial charge in [0.15, 0.2) is 0 Å². The topological polar surface area (TPSA) is 25.8 Å². The van der Waals surface area contributed by atoms with Crippen molar-refractivity contribution in [2.75, 3.05) is 0 Å². The summed E-state index contributed by atoms with van der Waals surface area (Å²) in [5.41, 5.74) is 1.97. The second-order valence-corrected chi connectivity index (χ2v) is 4.83. The van der Waals surface area contributed by atoms with Gasteiger partial charge in [-0.15, -0.1) is 5.10 Å². The van der Waals surface area contributed by atoms with Gasteiger partial charge in [0.1, 0.15) is 0 Å². The highest BCUT2D eigenvalue weighted by Crippen LogP contribution is 2.46. The highest BCUT2D eigenvalue weighted by atomic mass is 79.9. The molecule has 1 fully saturated rings. The van der Waals surface area contributed by atoms with Gasteiger partial charge in [0.25, 0.3) is 0 Å². The van der Waals surface area contributed by atoms with Crippen LogP contribution in [0.2, 0.25) is 0 Å². The number of hydrogen-bond donors (Lipinski definition) is 0.